The Morgan fingerprint density at radius 3 is 2.88 bits per heavy atom. The largest absolute Gasteiger partial charge is 0.411 e. The van der Waals surface area contributed by atoms with E-state index in [1.165, 1.54) is 6.21 Å². The summed E-state index contributed by atoms with van der Waals surface area (Å²) in [6.07, 6.45) is 2.21. The lowest BCUT2D eigenvalue weighted by atomic mass is 10.3. The molecule has 0 spiro atoms. The molecule has 8 heavy (non-hydrogen) atoms. The van der Waals surface area contributed by atoms with Gasteiger partial charge in [0.25, 0.3) is 0 Å². The normalized spacial score (nSPS) is 14.8. The van der Waals surface area contributed by atoms with Gasteiger partial charge in [0.15, 0.2) is 0 Å². The molecule has 0 aliphatic rings. The third-order valence-corrected chi connectivity index (χ3v) is 0.921. The van der Waals surface area contributed by atoms with Crippen LogP contribution in [0.25, 0.3) is 0 Å². The van der Waals surface area contributed by atoms with Gasteiger partial charge in [-0.25, -0.2) is 0 Å². The van der Waals surface area contributed by atoms with Gasteiger partial charge in [-0.2, -0.15) is 0 Å². The number of ether oxygens (including phenoxy) is 1. The van der Waals surface area contributed by atoms with Crippen molar-refractivity contribution in [3.05, 3.63) is 0 Å². The average Bonchev–Trinajstić information content (AvgIpc) is 1.83. The minimum atomic E-state index is 0.144. The molecule has 0 aliphatic carbocycles. The van der Waals surface area contributed by atoms with Gasteiger partial charge >= 0.3 is 0 Å². The van der Waals surface area contributed by atoms with E-state index < -0.39 is 0 Å². The summed E-state index contributed by atoms with van der Waals surface area (Å²) in [6, 6.07) is 0. The van der Waals surface area contributed by atoms with E-state index in [9.17, 15) is 0 Å². The molecular weight excluding hydrogens is 106 g/mol. The highest BCUT2D eigenvalue weighted by atomic mass is 16.5. The number of nitrogens with zero attached hydrogens (tertiary/aromatic N) is 1. The Hall–Kier alpha value is -0.570. The number of rotatable bonds is 3. The van der Waals surface area contributed by atoms with E-state index in [1.807, 2.05) is 6.92 Å². The van der Waals surface area contributed by atoms with Crippen LogP contribution in [0.5, 0.6) is 0 Å². The van der Waals surface area contributed by atoms with Crippen LogP contribution >= 0.6 is 0 Å². The molecule has 3 nitrogen and oxygen atoms in total. The van der Waals surface area contributed by atoms with Crippen molar-refractivity contribution in [2.75, 3.05) is 7.11 Å². The van der Waals surface area contributed by atoms with Crippen LogP contribution in [0.3, 0.4) is 0 Å². The molecule has 0 aliphatic heterocycles. The molecule has 0 aromatic heterocycles. The summed E-state index contributed by atoms with van der Waals surface area (Å²) in [5, 5.41) is 10.7. The van der Waals surface area contributed by atoms with Crippen molar-refractivity contribution in [3.63, 3.8) is 0 Å². The Kier molecular flexibility index (Phi) is 4.26. The fraction of sp³-hybridized carbons (Fsp3) is 0.800. The molecule has 0 aromatic rings. The van der Waals surface area contributed by atoms with Gasteiger partial charge in [-0.3, -0.25) is 0 Å². The van der Waals surface area contributed by atoms with Crippen LogP contribution in [-0.2, 0) is 4.74 Å². The van der Waals surface area contributed by atoms with Gasteiger partial charge in [-0.15, -0.1) is 5.16 Å². The molecule has 0 rings (SSSR count). The van der Waals surface area contributed by atoms with Crippen molar-refractivity contribution >= 4 is 6.21 Å². The molecule has 0 amide bonds. The topological polar surface area (TPSA) is 41.8 Å². The Labute approximate surface area is 49.0 Å². The molecule has 0 bridgehead atoms. The van der Waals surface area contributed by atoms with Crippen LogP contribution in [0.15, 0.2) is 5.16 Å². The fourth-order valence-corrected chi connectivity index (χ4v) is 0.292. The monoisotopic (exact) mass is 117 g/mol. The van der Waals surface area contributed by atoms with E-state index in [0.29, 0.717) is 6.42 Å². The molecule has 0 heterocycles. The first kappa shape index (κ1) is 7.43. The predicted octanol–water partition coefficient (Wildman–Crippen LogP) is 0.871. The Bertz CT molecular complexity index is 72.8. The highest BCUT2D eigenvalue weighted by Crippen LogP contribution is 1.89. The maximum atomic E-state index is 7.92. The lowest BCUT2D eigenvalue weighted by molar-refractivity contribution is 0.124. The van der Waals surface area contributed by atoms with Crippen LogP contribution in [0.4, 0.5) is 0 Å². The van der Waals surface area contributed by atoms with Gasteiger partial charge in [0.2, 0.25) is 0 Å². The maximum Gasteiger partial charge on any atom is 0.0593 e. The summed E-state index contributed by atoms with van der Waals surface area (Å²) in [4.78, 5) is 0. The first-order valence-electron chi connectivity index (χ1n) is 2.50. The zero-order chi connectivity index (χ0) is 6.41. The molecule has 0 aromatic carbocycles. The summed E-state index contributed by atoms with van der Waals surface area (Å²) in [7, 11) is 1.62. The third kappa shape index (κ3) is 3.61. The Morgan fingerprint density at radius 1 is 1.88 bits per heavy atom. The van der Waals surface area contributed by atoms with Crippen molar-refractivity contribution in [2.45, 2.75) is 19.4 Å². The molecule has 0 fully saturated rings. The maximum absolute atomic E-state index is 7.92. The standard InChI is InChI=1S/C5H11NO2/c1-5(8-2)3-4-6-7/h4-5,7H,3H2,1-2H3/b6-4+. The van der Waals surface area contributed by atoms with Crippen LogP contribution in [0, 0.1) is 0 Å². The van der Waals surface area contributed by atoms with Crippen molar-refractivity contribution in [2.24, 2.45) is 5.16 Å². The number of hydrogen-bond donors (Lipinski definition) is 1. The summed E-state index contributed by atoms with van der Waals surface area (Å²) in [6.45, 7) is 1.90. The van der Waals surface area contributed by atoms with Crippen molar-refractivity contribution in [1.82, 2.24) is 0 Å². The smallest absolute Gasteiger partial charge is 0.0593 e. The van der Waals surface area contributed by atoms with Gasteiger partial charge in [0, 0.05) is 19.7 Å². The molecule has 3 heteroatoms. The predicted molar refractivity (Wildman–Crippen MR) is 31.4 cm³/mol. The zero-order valence-corrected chi connectivity index (χ0v) is 5.16. The highest BCUT2D eigenvalue weighted by molar-refractivity contribution is 5.56. The molecule has 0 saturated carbocycles. The van der Waals surface area contributed by atoms with E-state index in [1.54, 1.807) is 7.11 Å². The Morgan fingerprint density at radius 2 is 2.50 bits per heavy atom. The van der Waals surface area contributed by atoms with E-state index in [-0.39, 0.29) is 6.10 Å². The molecule has 1 N–H and O–H groups in total. The molecule has 0 radical (unpaired) electrons. The van der Waals surface area contributed by atoms with E-state index in [2.05, 4.69) is 5.16 Å². The van der Waals surface area contributed by atoms with Gasteiger partial charge in [-0.05, 0) is 6.92 Å². The number of hydrogen-bond acceptors (Lipinski definition) is 3. The minimum Gasteiger partial charge on any atom is -0.411 e. The average molecular weight is 117 g/mol. The van der Waals surface area contributed by atoms with Crippen molar-refractivity contribution in [3.8, 4) is 0 Å². The Balaban J connectivity index is 3.10. The van der Waals surface area contributed by atoms with Crippen LogP contribution in [-0.4, -0.2) is 24.6 Å². The first-order chi connectivity index (χ1) is 3.81. The fourth-order valence-electron chi connectivity index (χ4n) is 0.292. The second-order valence-corrected chi connectivity index (χ2v) is 1.58. The molecule has 48 valence electrons. The van der Waals surface area contributed by atoms with Crippen LogP contribution < -0.4 is 0 Å². The summed E-state index contributed by atoms with van der Waals surface area (Å²) >= 11 is 0. The minimum absolute atomic E-state index is 0.144. The molecule has 1 unspecified atom stereocenters. The molecular formula is C5H11NO2. The van der Waals surface area contributed by atoms with Gasteiger partial charge in [0.1, 0.15) is 0 Å². The third-order valence-electron chi connectivity index (χ3n) is 0.921. The summed E-state index contributed by atoms with van der Waals surface area (Å²) < 4.78 is 4.85. The van der Waals surface area contributed by atoms with Crippen molar-refractivity contribution in [1.29, 1.82) is 0 Å². The second-order valence-electron chi connectivity index (χ2n) is 1.58. The van der Waals surface area contributed by atoms with E-state index in [4.69, 9.17) is 9.94 Å². The van der Waals surface area contributed by atoms with Gasteiger partial charge < -0.3 is 9.94 Å². The van der Waals surface area contributed by atoms with Crippen LogP contribution in [0.1, 0.15) is 13.3 Å². The zero-order valence-electron chi connectivity index (χ0n) is 5.16. The van der Waals surface area contributed by atoms with E-state index >= 15 is 0 Å². The number of methoxy groups -OCH3 is 1. The SMILES string of the molecule is COC(C)C/C=N/O. The van der Waals surface area contributed by atoms with Crippen molar-refractivity contribution < 1.29 is 9.94 Å². The quantitative estimate of drug-likeness (QED) is 0.338. The van der Waals surface area contributed by atoms with Gasteiger partial charge in [-0.1, -0.05) is 0 Å². The van der Waals surface area contributed by atoms with Gasteiger partial charge in [0.05, 0.1) is 6.10 Å². The van der Waals surface area contributed by atoms with Crippen LogP contribution in [0.2, 0.25) is 0 Å². The summed E-state index contributed by atoms with van der Waals surface area (Å²) in [5.74, 6) is 0. The molecule has 1 atom stereocenters. The highest BCUT2D eigenvalue weighted by Gasteiger charge is 1.92. The summed E-state index contributed by atoms with van der Waals surface area (Å²) in [5.41, 5.74) is 0. The molecule has 0 saturated heterocycles. The lowest BCUT2D eigenvalue weighted by Gasteiger charge is -2.02. The lowest BCUT2D eigenvalue weighted by Crippen LogP contribution is -2.04. The second kappa shape index (κ2) is 4.59. The number of oxime groups is 1. The van der Waals surface area contributed by atoms with E-state index in [0.717, 1.165) is 0 Å². The first-order valence-corrected chi connectivity index (χ1v) is 2.50.